The maximum Gasteiger partial charge on any atom is 0.166 e. The summed E-state index contributed by atoms with van der Waals surface area (Å²) in [7, 11) is -2.55. The number of hydrogen-bond donors (Lipinski definition) is 0. The van der Waals surface area contributed by atoms with Crippen LogP contribution in [0.4, 0.5) is 10.2 Å². The van der Waals surface area contributed by atoms with Gasteiger partial charge in [-0.2, -0.15) is 0 Å². The fraction of sp³-hybridized carbons (Fsp3) is 0.333. The van der Waals surface area contributed by atoms with Crippen molar-refractivity contribution in [1.29, 1.82) is 0 Å². The molecule has 0 bridgehead atoms. The van der Waals surface area contributed by atoms with Gasteiger partial charge >= 0.3 is 0 Å². The lowest BCUT2D eigenvalue weighted by atomic mass is 10.2. The van der Waals surface area contributed by atoms with Crippen LogP contribution in [0.15, 0.2) is 21.9 Å². The van der Waals surface area contributed by atoms with Gasteiger partial charge in [-0.05, 0) is 22.0 Å². The first kappa shape index (κ1) is 7.16. The fourth-order valence-electron chi connectivity index (χ4n) is 1.31. The van der Waals surface area contributed by atoms with Gasteiger partial charge in [0.2, 0.25) is 0 Å². The van der Waals surface area contributed by atoms with E-state index in [0.717, 1.165) is 0 Å². The zero-order chi connectivity index (χ0) is 13.3. The van der Waals surface area contributed by atoms with Gasteiger partial charge < -0.3 is 9.74 Å². The SMILES string of the molecule is [2H]C([2H])([2H])ON=C1CN(c2ncc(Br)cc2F)C1. The maximum atomic E-state index is 13.5. The number of halogens is 2. The number of nitrogens with zero attached hydrogens (tertiary/aromatic N) is 3. The highest BCUT2D eigenvalue weighted by Gasteiger charge is 2.26. The predicted octanol–water partition coefficient (Wildman–Crippen LogP) is 1.81. The zero-order valence-corrected chi connectivity index (χ0v) is 9.16. The maximum absolute atomic E-state index is 13.5. The predicted molar refractivity (Wildman–Crippen MR) is 58.6 cm³/mol. The van der Waals surface area contributed by atoms with Gasteiger partial charge in [0.05, 0.1) is 22.9 Å². The third kappa shape index (κ3) is 2.09. The Morgan fingerprint density at radius 2 is 2.53 bits per heavy atom. The second kappa shape index (κ2) is 4.14. The molecular weight excluding hydrogens is 265 g/mol. The number of pyridine rings is 1. The smallest absolute Gasteiger partial charge is 0.166 e. The van der Waals surface area contributed by atoms with Crippen molar-refractivity contribution in [2.45, 2.75) is 0 Å². The zero-order valence-electron chi connectivity index (χ0n) is 10.6. The van der Waals surface area contributed by atoms with Crippen molar-refractivity contribution in [3.8, 4) is 0 Å². The van der Waals surface area contributed by atoms with Crippen molar-refractivity contribution < 1.29 is 13.3 Å². The molecule has 1 fully saturated rings. The molecule has 2 heterocycles. The van der Waals surface area contributed by atoms with Gasteiger partial charge in [-0.15, -0.1) is 0 Å². The molecule has 15 heavy (non-hydrogen) atoms. The Morgan fingerprint density at radius 1 is 1.73 bits per heavy atom. The quantitative estimate of drug-likeness (QED) is 0.774. The summed E-state index contributed by atoms with van der Waals surface area (Å²) < 4.78 is 34.5. The van der Waals surface area contributed by atoms with Crippen LogP contribution in [0, 0.1) is 5.82 Å². The van der Waals surface area contributed by atoms with E-state index in [1.165, 1.54) is 12.3 Å². The third-order valence-corrected chi connectivity index (χ3v) is 2.44. The molecule has 0 spiro atoms. The highest BCUT2D eigenvalue weighted by atomic mass is 79.9. The van der Waals surface area contributed by atoms with Crippen LogP contribution in [0.25, 0.3) is 0 Å². The monoisotopic (exact) mass is 276 g/mol. The van der Waals surface area contributed by atoms with Crippen LogP contribution in [-0.4, -0.2) is 30.8 Å². The Bertz CT molecular complexity index is 486. The Kier molecular flexibility index (Phi) is 1.98. The van der Waals surface area contributed by atoms with E-state index in [2.05, 4.69) is 30.9 Å². The Labute approximate surface area is 99.1 Å². The molecule has 0 atom stereocenters. The van der Waals surface area contributed by atoms with Crippen molar-refractivity contribution in [1.82, 2.24) is 4.98 Å². The second-order valence-electron chi connectivity index (χ2n) is 3.06. The first-order valence-corrected chi connectivity index (χ1v) is 4.94. The molecule has 0 aromatic carbocycles. The van der Waals surface area contributed by atoms with Gasteiger partial charge in [-0.25, -0.2) is 9.37 Å². The molecule has 0 amide bonds. The first-order valence-electron chi connectivity index (χ1n) is 5.65. The largest absolute Gasteiger partial charge is 0.399 e. The molecule has 0 saturated carbocycles. The molecule has 0 aliphatic carbocycles. The topological polar surface area (TPSA) is 37.7 Å². The van der Waals surface area contributed by atoms with Gasteiger partial charge in [0.15, 0.2) is 11.6 Å². The lowest BCUT2D eigenvalue weighted by molar-refractivity contribution is 0.211. The Hall–Kier alpha value is -1.17. The average Bonchev–Trinajstić information content (AvgIpc) is 2.16. The van der Waals surface area contributed by atoms with Crippen LogP contribution < -0.4 is 4.90 Å². The van der Waals surface area contributed by atoms with Crippen molar-refractivity contribution in [3.63, 3.8) is 0 Å². The number of oxime groups is 1. The van der Waals surface area contributed by atoms with Crippen molar-refractivity contribution in [2.24, 2.45) is 5.16 Å². The van der Waals surface area contributed by atoms with E-state index in [9.17, 15) is 4.39 Å². The standard InChI is InChI=1S/C9H9BrFN3O/c1-15-13-7-4-14(5-7)9-8(11)2-6(10)3-12-9/h2-3H,4-5H2,1H3/i1D3. The Morgan fingerprint density at radius 3 is 3.20 bits per heavy atom. The summed E-state index contributed by atoms with van der Waals surface area (Å²) in [6, 6.07) is 1.32. The molecule has 4 nitrogen and oxygen atoms in total. The van der Waals surface area contributed by atoms with E-state index in [0.29, 0.717) is 23.3 Å². The first-order chi connectivity index (χ1) is 8.35. The van der Waals surface area contributed by atoms with E-state index < -0.39 is 12.9 Å². The number of aromatic nitrogens is 1. The fourth-order valence-corrected chi connectivity index (χ4v) is 1.61. The number of anilines is 1. The molecule has 80 valence electrons. The number of rotatable bonds is 2. The minimum Gasteiger partial charge on any atom is -0.399 e. The van der Waals surface area contributed by atoms with Crippen LogP contribution in [0.3, 0.4) is 0 Å². The molecule has 1 aromatic rings. The van der Waals surface area contributed by atoms with Crippen molar-refractivity contribution >= 4 is 27.5 Å². The van der Waals surface area contributed by atoms with Crippen LogP contribution in [-0.2, 0) is 4.84 Å². The van der Waals surface area contributed by atoms with E-state index in [-0.39, 0.29) is 5.82 Å². The van der Waals surface area contributed by atoms with Gasteiger partial charge in [0, 0.05) is 10.7 Å². The van der Waals surface area contributed by atoms with Crippen molar-refractivity contribution in [3.05, 3.63) is 22.6 Å². The van der Waals surface area contributed by atoms with Crippen LogP contribution in [0.5, 0.6) is 0 Å². The van der Waals surface area contributed by atoms with Crippen molar-refractivity contribution in [2.75, 3.05) is 25.0 Å². The summed E-state index contributed by atoms with van der Waals surface area (Å²) in [5.74, 6) is -0.230. The average molecular weight is 277 g/mol. The summed E-state index contributed by atoms with van der Waals surface area (Å²) in [6.45, 7) is 0.614. The normalized spacial score (nSPS) is 18.7. The molecule has 0 N–H and O–H groups in total. The summed E-state index contributed by atoms with van der Waals surface area (Å²) in [4.78, 5) is 9.88. The molecule has 0 unspecified atom stereocenters. The third-order valence-electron chi connectivity index (χ3n) is 2.01. The molecular formula is C9H9BrFN3O. The van der Waals surface area contributed by atoms with Crippen LogP contribution >= 0.6 is 15.9 Å². The van der Waals surface area contributed by atoms with Crippen LogP contribution in [0.1, 0.15) is 4.11 Å². The molecule has 2 rings (SSSR count). The minimum atomic E-state index is -2.55. The van der Waals surface area contributed by atoms with E-state index in [4.69, 9.17) is 4.11 Å². The summed E-state index contributed by atoms with van der Waals surface area (Å²) in [5, 5.41) is 3.48. The molecule has 1 saturated heterocycles. The number of hydrogen-bond acceptors (Lipinski definition) is 4. The van der Waals surface area contributed by atoms with E-state index >= 15 is 0 Å². The lowest BCUT2D eigenvalue weighted by Gasteiger charge is -2.32. The van der Waals surface area contributed by atoms with Gasteiger partial charge in [0.1, 0.15) is 7.04 Å². The van der Waals surface area contributed by atoms with Gasteiger partial charge in [-0.1, -0.05) is 5.16 Å². The van der Waals surface area contributed by atoms with Gasteiger partial charge in [-0.3, -0.25) is 0 Å². The molecule has 1 aromatic heterocycles. The highest BCUT2D eigenvalue weighted by molar-refractivity contribution is 9.10. The molecule has 1 aliphatic rings. The second-order valence-corrected chi connectivity index (χ2v) is 3.98. The van der Waals surface area contributed by atoms with E-state index in [1.807, 2.05) is 0 Å². The lowest BCUT2D eigenvalue weighted by Crippen LogP contribution is -2.48. The summed E-state index contributed by atoms with van der Waals surface area (Å²) in [6.07, 6.45) is 1.49. The highest BCUT2D eigenvalue weighted by Crippen LogP contribution is 2.22. The summed E-state index contributed by atoms with van der Waals surface area (Å²) in [5.41, 5.74) is 0.537. The minimum absolute atomic E-state index is 0.214. The van der Waals surface area contributed by atoms with E-state index in [1.54, 1.807) is 4.90 Å². The summed E-state index contributed by atoms with van der Waals surface area (Å²) >= 11 is 3.12. The van der Waals surface area contributed by atoms with Crippen LogP contribution in [0.2, 0.25) is 0 Å². The molecule has 0 radical (unpaired) electrons. The van der Waals surface area contributed by atoms with Gasteiger partial charge in [0.25, 0.3) is 0 Å². The molecule has 6 heteroatoms. The molecule has 1 aliphatic heterocycles. The Balaban J connectivity index is 1.96.